The van der Waals surface area contributed by atoms with Crippen molar-refractivity contribution in [2.45, 2.75) is 147 Å². The van der Waals surface area contributed by atoms with Crippen LogP contribution >= 0.6 is 0 Å². The van der Waals surface area contributed by atoms with E-state index in [4.69, 9.17) is 28.4 Å². The third-order valence-electron chi connectivity index (χ3n) is 12.8. The number of aliphatic hydroxyl groups is 2. The Morgan fingerprint density at radius 1 is 1.00 bits per heavy atom. The highest BCUT2D eigenvalue weighted by Crippen LogP contribution is 2.38. The topological polar surface area (TPSA) is 119 Å². The highest BCUT2D eigenvalue weighted by molar-refractivity contribution is 5.85. The average Bonchev–Trinajstić information content (AvgIpc) is 3.17. The summed E-state index contributed by atoms with van der Waals surface area (Å²) in [6.07, 6.45) is 1.34. The molecule has 2 saturated heterocycles. The van der Waals surface area contributed by atoms with Gasteiger partial charge in [-0.15, -0.1) is 0 Å². The fourth-order valence-corrected chi connectivity index (χ4v) is 9.58. The number of hydrogen-bond acceptors (Lipinski definition) is 11. The number of methoxy groups -OCH3 is 2. The van der Waals surface area contributed by atoms with Crippen molar-refractivity contribution >= 4 is 16.7 Å². The van der Waals surface area contributed by atoms with Crippen molar-refractivity contribution in [3.05, 3.63) is 60.2 Å². The molecule has 2 N–H and O–H groups in total. The van der Waals surface area contributed by atoms with Gasteiger partial charge in [0.05, 0.1) is 36.4 Å². The quantitative estimate of drug-likeness (QED) is 0.198. The number of hydrogen-bond donors (Lipinski definition) is 2. The molecule has 11 nitrogen and oxygen atoms in total. The second kappa shape index (κ2) is 20.7. The Kier molecular flexibility index (Phi) is 17.1. The first kappa shape index (κ1) is 47.2. The van der Waals surface area contributed by atoms with E-state index in [0.29, 0.717) is 32.2 Å². The van der Waals surface area contributed by atoms with Crippen LogP contribution in [0.1, 0.15) is 80.2 Å². The van der Waals surface area contributed by atoms with Crippen LogP contribution in [0.25, 0.3) is 10.8 Å². The molecule has 0 unspecified atom stereocenters. The van der Waals surface area contributed by atoms with Gasteiger partial charge in [0.1, 0.15) is 23.9 Å². The molecule has 2 aliphatic heterocycles. The SMILES string of the molecule is CC[C@H]1OC(=O)[C@H](C)[C@@H](OC/C=C/Cc2cccc3ccccc23)[C@H](C)[C@@H](O[C@@H]2O[C@H](C)C[C@H](N(C)C)[C@H]2O)[C@](C)(O)C[C@@H](C)CN(C)[C@H](C)[C@@H](OC)[C@]1(C)OC. The second-order valence-corrected chi connectivity index (χ2v) is 17.6. The standard InChI is InChI=1S/C46H74N2O9/c1-14-38-46(8,53-13)42(52-12)33(6)48(11)28-29(2)27-45(7,51)41(57-44-39(49)37(47(9)10)26-30(3)55-44)31(4)40(32(5)43(50)56-38)54-25-18-17-21-35-23-19-22-34-20-15-16-24-36(34)35/h15-20,22-24,29-33,37-42,44,49,51H,14,21,25-28H2,1-13H3/b18-17+/t29-,30-,31+,32-,33-,37+,38-,39-,40+,41-,42-,44+,45-,46-/m1/s1. The van der Waals surface area contributed by atoms with Gasteiger partial charge in [0.15, 0.2) is 6.29 Å². The molecule has 0 radical (unpaired) electrons. The fourth-order valence-electron chi connectivity index (χ4n) is 9.58. The minimum atomic E-state index is -1.43. The number of benzene rings is 2. The van der Waals surface area contributed by atoms with Gasteiger partial charge in [-0.25, -0.2) is 0 Å². The summed E-state index contributed by atoms with van der Waals surface area (Å²) < 4.78 is 38.6. The lowest BCUT2D eigenvalue weighted by atomic mass is 9.77. The zero-order valence-corrected chi connectivity index (χ0v) is 37.0. The van der Waals surface area contributed by atoms with Crippen molar-refractivity contribution in [2.24, 2.45) is 17.8 Å². The largest absolute Gasteiger partial charge is 0.459 e. The van der Waals surface area contributed by atoms with Gasteiger partial charge in [-0.3, -0.25) is 4.79 Å². The van der Waals surface area contributed by atoms with Gasteiger partial charge in [0, 0.05) is 38.8 Å². The lowest BCUT2D eigenvalue weighted by molar-refractivity contribution is -0.300. The number of fused-ring (bicyclic) bond motifs is 1. The van der Waals surface area contributed by atoms with Gasteiger partial charge in [-0.2, -0.15) is 0 Å². The number of aliphatic hydroxyl groups excluding tert-OH is 1. The van der Waals surface area contributed by atoms with Crippen LogP contribution in [0.5, 0.6) is 0 Å². The number of nitrogens with zero attached hydrogens (tertiary/aromatic N) is 2. The minimum absolute atomic E-state index is 0.00137. The Balaban J connectivity index is 1.75. The summed E-state index contributed by atoms with van der Waals surface area (Å²) in [5.74, 6) is -1.79. The average molecular weight is 799 g/mol. The number of rotatable bonds is 11. The van der Waals surface area contributed by atoms with E-state index in [9.17, 15) is 15.0 Å². The van der Waals surface area contributed by atoms with Crippen LogP contribution in [-0.4, -0.2) is 141 Å². The highest BCUT2D eigenvalue weighted by Gasteiger charge is 2.51. The Morgan fingerprint density at radius 2 is 1.68 bits per heavy atom. The second-order valence-electron chi connectivity index (χ2n) is 17.6. The summed E-state index contributed by atoms with van der Waals surface area (Å²) >= 11 is 0. The molecule has 57 heavy (non-hydrogen) atoms. The molecule has 0 saturated carbocycles. The van der Waals surface area contributed by atoms with Crippen LogP contribution in [0.2, 0.25) is 0 Å². The maximum Gasteiger partial charge on any atom is 0.311 e. The summed E-state index contributed by atoms with van der Waals surface area (Å²) in [5.41, 5.74) is -1.20. The summed E-state index contributed by atoms with van der Waals surface area (Å²) in [4.78, 5) is 18.6. The lowest BCUT2D eigenvalue weighted by Crippen LogP contribution is -2.60. The van der Waals surface area contributed by atoms with Gasteiger partial charge in [0.25, 0.3) is 0 Å². The normalized spacial score (nSPS) is 38.3. The molecule has 14 atom stereocenters. The summed E-state index contributed by atoms with van der Waals surface area (Å²) in [5, 5.41) is 26.6. The van der Waals surface area contributed by atoms with Crippen molar-refractivity contribution in [2.75, 3.05) is 48.5 Å². The van der Waals surface area contributed by atoms with Crippen molar-refractivity contribution in [1.82, 2.24) is 9.80 Å². The molecule has 2 aromatic rings. The Bertz CT molecular complexity index is 1580. The molecular weight excluding hydrogens is 725 g/mol. The van der Waals surface area contributed by atoms with Gasteiger partial charge in [-0.1, -0.05) is 75.4 Å². The van der Waals surface area contributed by atoms with Crippen molar-refractivity contribution in [1.29, 1.82) is 0 Å². The van der Waals surface area contributed by atoms with E-state index in [1.165, 1.54) is 16.3 Å². The third-order valence-corrected chi connectivity index (χ3v) is 12.8. The molecule has 322 valence electrons. The molecule has 11 heteroatoms. The summed E-state index contributed by atoms with van der Waals surface area (Å²) in [6.45, 7) is 16.5. The van der Waals surface area contributed by atoms with Gasteiger partial charge >= 0.3 is 5.97 Å². The molecule has 2 fully saturated rings. The molecule has 2 aliphatic rings. The first-order chi connectivity index (χ1) is 26.9. The van der Waals surface area contributed by atoms with E-state index in [0.717, 1.165) is 0 Å². The maximum atomic E-state index is 14.4. The van der Waals surface area contributed by atoms with Gasteiger partial charge in [0.2, 0.25) is 0 Å². The molecule has 2 heterocycles. The molecule has 2 aromatic carbocycles. The number of esters is 1. The fraction of sp³-hybridized carbons (Fsp3) is 0.717. The van der Waals surface area contributed by atoms with Crippen molar-refractivity contribution < 1.29 is 43.4 Å². The predicted molar refractivity (Wildman–Crippen MR) is 225 cm³/mol. The van der Waals surface area contributed by atoms with Gasteiger partial charge < -0.3 is 48.4 Å². The summed E-state index contributed by atoms with van der Waals surface area (Å²) in [6, 6.07) is 14.3. The van der Waals surface area contributed by atoms with Crippen LogP contribution < -0.4 is 0 Å². The van der Waals surface area contributed by atoms with Crippen LogP contribution in [0.4, 0.5) is 0 Å². The van der Waals surface area contributed by atoms with Gasteiger partial charge in [-0.05, 0) is 104 Å². The third kappa shape index (κ3) is 11.2. The highest BCUT2D eigenvalue weighted by atomic mass is 16.7. The van der Waals surface area contributed by atoms with E-state index < -0.39 is 65.8 Å². The molecule has 0 bridgehead atoms. The maximum absolute atomic E-state index is 14.4. The Labute approximate surface area is 343 Å². The first-order valence-electron chi connectivity index (χ1n) is 21.0. The number of carbonyl (C=O) groups excluding carboxylic acids is 1. The lowest BCUT2D eigenvalue weighted by Gasteiger charge is -2.47. The smallest absolute Gasteiger partial charge is 0.311 e. The Morgan fingerprint density at radius 3 is 2.33 bits per heavy atom. The Hall–Kier alpha value is -2.45. The predicted octanol–water partition coefficient (Wildman–Crippen LogP) is 6.26. The number of likely N-dealkylation sites (N-methyl/N-ethyl adjacent to an activating group) is 2. The summed E-state index contributed by atoms with van der Waals surface area (Å²) in [7, 11) is 9.20. The molecule has 4 rings (SSSR count). The number of carbonyl (C=O) groups is 1. The van der Waals surface area contributed by atoms with E-state index in [2.05, 4.69) is 61.2 Å². The van der Waals surface area contributed by atoms with E-state index >= 15 is 0 Å². The van der Waals surface area contributed by atoms with E-state index in [-0.39, 0.29) is 30.7 Å². The number of cyclic esters (lactones) is 1. The number of allylic oxidation sites excluding steroid dienone is 1. The van der Waals surface area contributed by atoms with Crippen LogP contribution in [-0.2, 0) is 39.6 Å². The van der Waals surface area contributed by atoms with E-state index in [1.54, 1.807) is 21.1 Å². The monoisotopic (exact) mass is 799 g/mol. The molecule has 0 aromatic heterocycles. The first-order valence-corrected chi connectivity index (χ1v) is 21.0. The van der Waals surface area contributed by atoms with Crippen LogP contribution in [0.3, 0.4) is 0 Å². The molecule has 0 aliphatic carbocycles. The van der Waals surface area contributed by atoms with Crippen LogP contribution in [0, 0.1) is 17.8 Å². The van der Waals surface area contributed by atoms with Crippen molar-refractivity contribution in [3.63, 3.8) is 0 Å². The zero-order valence-electron chi connectivity index (χ0n) is 37.0. The molecule has 0 spiro atoms. The van der Waals surface area contributed by atoms with Crippen LogP contribution in [0.15, 0.2) is 54.6 Å². The zero-order chi connectivity index (χ0) is 42.2. The molecular formula is C46H74N2O9. The van der Waals surface area contributed by atoms with E-state index in [1.807, 2.05) is 72.8 Å². The number of ether oxygens (including phenoxy) is 6. The van der Waals surface area contributed by atoms with Crippen molar-refractivity contribution in [3.8, 4) is 0 Å². The molecule has 0 amide bonds. The minimum Gasteiger partial charge on any atom is -0.459 e.